The molecule has 0 aromatic carbocycles. The molecule has 0 aromatic heterocycles. The molecule has 22 heavy (non-hydrogen) atoms. The highest BCUT2D eigenvalue weighted by atomic mass is 32.2. The molecule has 0 radical (unpaired) electrons. The van der Waals surface area contributed by atoms with Gasteiger partial charge in [-0.15, -0.1) is 11.8 Å². The molecule has 2 aliphatic rings. The Morgan fingerprint density at radius 3 is 2.23 bits per heavy atom. The van der Waals surface area contributed by atoms with Crippen molar-refractivity contribution >= 4 is 41.2 Å². The molecule has 0 aromatic rings. The lowest BCUT2D eigenvalue weighted by molar-refractivity contribution is -0.147. The maximum atomic E-state index is 12.2. The van der Waals surface area contributed by atoms with E-state index in [2.05, 4.69) is 0 Å². The zero-order valence-electron chi connectivity index (χ0n) is 12.5. The molecular weight excluding hydrogens is 308 g/mol. The third-order valence-electron chi connectivity index (χ3n) is 3.71. The van der Waals surface area contributed by atoms with Crippen LogP contribution in [0, 0.1) is 5.92 Å². The van der Waals surface area contributed by atoms with Crippen LogP contribution < -0.4 is 0 Å². The van der Waals surface area contributed by atoms with E-state index in [1.54, 1.807) is 13.8 Å². The number of hydrogen-bond acceptors (Lipinski definition) is 6. The van der Waals surface area contributed by atoms with Gasteiger partial charge in [0, 0.05) is 25.2 Å². The lowest BCUT2D eigenvalue weighted by Gasteiger charge is -2.21. The van der Waals surface area contributed by atoms with Gasteiger partial charge in [0.25, 0.3) is 0 Å². The van der Waals surface area contributed by atoms with Crippen molar-refractivity contribution in [2.24, 2.45) is 5.92 Å². The van der Waals surface area contributed by atoms with Crippen molar-refractivity contribution in [3.8, 4) is 0 Å². The van der Waals surface area contributed by atoms with Crippen molar-refractivity contribution in [3.05, 3.63) is 0 Å². The van der Waals surface area contributed by atoms with E-state index in [-0.39, 0.29) is 55.2 Å². The fourth-order valence-electron chi connectivity index (χ4n) is 2.20. The lowest BCUT2D eigenvalue weighted by atomic mass is 10.1. The molecule has 0 N–H and O–H groups in total. The molecule has 1 unspecified atom stereocenters. The highest BCUT2D eigenvalue weighted by molar-refractivity contribution is 8.01. The van der Waals surface area contributed by atoms with Crippen molar-refractivity contribution in [1.82, 2.24) is 9.80 Å². The normalized spacial score (nSPS) is 22.4. The van der Waals surface area contributed by atoms with Gasteiger partial charge in [-0.25, -0.2) is 0 Å². The molecule has 2 aliphatic heterocycles. The zero-order chi connectivity index (χ0) is 16.4. The van der Waals surface area contributed by atoms with Gasteiger partial charge in [-0.3, -0.25) is 33.8 Å². The van der Waals surface area contributed by atoms with Crippen LogP contribution in [-0.2, 0) is 24.0 Å². The van der Waals surface area contributed by atoms with E-state index in [1.807, 2.05) is 0 Å². The molecule has 4 amide bonds. The van der Waals surface area contributed by atoms with Crippen LogP contribution in [0.5, 0.6) is 0 Å². The van der Waals surface area contributed by atoms with Gasteiger partial charge >= 0.3 is 0 Å². The number of nitrogens with zero attached hydrogens (tertiary/aromatic N) is 2. The number of amides is 4. The van der Waals surface area contributed by atoms with Crippen LogP contribution in [0.15, 0.2) is 0 Å². The van der Waals surface area contributed by atoms with Crippen molar-refractivity contribution in [3.63, 3.8) is 0 Å². The highest BCUT2D eigenvalue weighted by Gasteiger charge is 2.42. The molecule has 8 heteroatoms. The average molecular weight is 326 g/mol. The minimum atomic E-state index is -0.608. The fourth-order valence-corrected chi connectivity index (χ4v) is 3.43. The fraction of sp³-hybridized carbons (Fsp3) is 0.643. The molecule has 0 bridgehead atoms. The van der Waals surface area contributed by atoms with E-state index >= 15 is 0 Å². The summed E-state index contributed by atoms with van der Waals surface area (Å²) in [6.07, 6.45) is 0.247. The number of imide groups is 2. The van der Waals surface area contributed by atoms with Gasteiger partial charge in [0.2, 0.25) is 23.6 Å². The van der Waals surface area contributed by atoms with Crippen molar-refractivity contribution in [2.75, 3.05) is 12.4 Å². The maximum Gasteiger partial charge on any atom is 0.244 e. The summed E-state index contributed by atoms with van der Waals surface area (Å²) in [5.74, 6) is -1.49. The predicted molar refractivity (Wildman–Crippen MR) is 78.5 cm³/mol. The van der Waals surface area contributed by atoms with Gasteiger partial charge < -0.3 is 0 Å². The number of likely N-dealkylation sites (tertiary alicyclic amines) is 2. The second-order valence-corrected chi connectivity index (χ2v) is 6.83. The van der Waals surface area contributed by atoms with Gasteiger partial charge in [-0.05, 0) is 0 Å². The van der Waals surface area contributed by atoms with E-state index in [0.29, 0.717) is 0 Å². The molecule has 2 saturated heterocycles. The zero-order valence-corrected chi connectivity index (χ0v) is 13.4. The number of thioether (sulfide) groups is 1. The maximum absolute atomic E-state index is 12.2. The third kappa shape index (κ3) is 3.37. The summed E-state index contributed by atoms with van der Waals surface area (Å²) >= 11 is 1.15. The molecule has 0 saturated carbocycles. The van der Waals surface area contributed by atoms with Gasteiger partial charge in [0.05, 0.1) is 11.0 Å². The smallest absolute Gasteiger partial charge is 0.244 e. The number of rotatable bonds is 6. The van der Waals surface area contributed by atoms with E-state index in [9.17, 15) is 24.0 Å². The van der Waals surface area contributed by atoms with E-state index in [1.165, 1.54) is 0 Å². The largest absolute Gasteiger partial charge is 0.298 e. The van der Waals surface area contributed by atoms with Crippen molar-refractivity contribution in [1.29, 1.82) is 0 Å². The lowest BCUT2D eigenvalue weighted by Crippen LogP contribution is -2.44. The average Bonchev–Trinajstić information content (AvgIpc) is 2.91. The second-order valence-electron chi connectivity index (χ2n) is 5.64. The highest BCUT2D eigenvalue weighted by Crippen LogP contribution is 2.26. The summed E-state index contributed by atoms with van der Waals surface area (Å²) in [5.41, 5.74) is 0. The predicted octanol–water partition coefficient (Wildman–Crippen LogP) is 0.179. The Bertz CT molecular complexity index is 529. The van der Waals surface area contributed by atoms with Gasteiger partial charge in [-0.1, -0.05) is 13.8 Å². The van der Waals surface area contributed by atoms with Gasteiger partial charge in [0.15, 0.2) is 0 Å². The number of carbonyl (C=O) groups is 5. The topological polar surface area (TPSA) is 91.8 Å². The summed E-state index contributed by atoms with van der Waals surface area (Å²) in [4.78, 5) is 60.8. The first kappa shape index (κ1) is 16.7. The van der Waals surface area contributed by atoms with Crippen LogP contribution in [0.25, 0.3) is 0 Å². The molecule has 0 aliphatic carbocycles. The summed E-state index contributed by atoms with van der Waals surface area (Å²) in [6, 6.07) is 0. The Balaban J connectivity index is 1.95. The number of hydrogen-bond donors (Lipinski definition) is 0. The van der Waals surface area contributed by atoms with Crippen LogP contribution in [0.2, 0.25) is 0 Å². The Morgan fingerprint density at radius 2 is 1.68 bits per heavy atom. The van der Waals surface area contributed by atoms with Crippen molar-refractivity contribution in [2.45, 2.75) is 38.4 Å². The van der Waals surface area contributed by atoms with Crippen LogP contribution in [0.3, 0.4) is 0 Å². The van der Waals surface area contributed by atoms with Crippen LogP contribution in [0.4, 0.5) is 0 Å². The number of Topliss-reactive ketones (excluding diaryl/α,β-unsaturated/α-hetero) is 1. The molecule has 2 heterocycles. The van der Waals surface area contributed by atoms with E-state index in [4.69, 9.17) is 0 Å². The van der Waals surface area contributed by atoms with Crippen LogP contribution >= 0.6 is 11.8 Å². The van der Waals surface area contributed by atoms with Gasteiger partial charge in [0.1, 0.15) is 12.5 Å². The monoisotopic (exact) mass is 326 g/mol. The molecule has 2 fully saturated rings. The summed E-state index contributed by atoms with van der Waals surface area (Å²) in [6.45, 7) is 3.26. The summed E-state index contributed by atoms with van der Waals surface area (Å²) in [7, 11) is 0. The number of carbonyl (C=O) groups excluding carboxylic acids is 5. The third-order valence-corrected chi connectivity index (χ3v) is 4.93. The molecular formula is C14H18N2O5S. The second kappa shape index (κ2) is 6.60. The van der Waals surface area contributed by atoms with Crippen molar-refractivity contribution < 1.29 is 24.0 Å². The molecule has 120 valence electrons. The van der Waals surface area contributed by atoms with Crippen LogP contribution in [-0.4, -0.2) is 56.9 Å². The molecule has 1 atom stereocenters. The Labute approximate surface area is 132 Å². The van der Waals surface area contributed by atoms with Crippen LogP contribution in [0.1, 0.15) is 33.1 Å². The molecule has 0 spiro atoms. The minimum Gasteiger partial charge on any atom is -0.298 e. The Kier molecular flexibility index (Phi) is 5.00. The molecule has 7 nitrogen and oxygen atoms in total. The first-order valence-corrected chi connectivity index (χ1v) is 8.18. The first-order valence-electron chi connectivity index (χ1n) is 7.13. The summed E-state index contributed by atoms with van der Waals surface area (Å²) < 4.78 is 0. The van der Waals surface area contributed by atoms with E-state index < -0.39 is 17.1 Å². The number of ketones is 1. The quantitative estimate of drug-likeness (QED) is 0.647. The SMILES string of the molecule is CC(C)C(=O)CSC1CC(=O)N(CN2C(=O)CCC2=O)C1=O. The standard InChI is InChI=1S/C14H18N2O5S/c1-8(2)9(17)6-22-10-5-13(20)16(14(10)21)7-15-11(18)3-4-12(15)19/h8,10H,3-7H2,1-2H3. The molecule has 2 rings (SSSR count). The van der Waals surface area contributed by atoms with E-state index in [0.717, 1.165) is 21.6 Å². The summed E-state index contributed by atoms with van der Waals surface area (Å²) in [5, 5.41) is -0.608. The Hall–Kier alpha value is -1.70. The minimum absolute atomic E-state index is 0.00506. The first-order chi connectivity index (χ1) is 10.3. The van der Waals surface area contributed by atoms with Gasteiger partial charge in [-0.2, -0.15) is 0 Å². The Morgan fingerprint density at radius 1 is 1.09 bits per heavy atom.